The number of β-lactam (4-membered cyclic amide) rings is 1. The Labute approximate surface area is 234 Å². The number of nitrogens with zero attached hydrogens (tertiary/aromatic N) is 2. The smallest absolute Gasteiger partial charge is 0.224 e. The maximum absolute atomic E-state index is 14.7. The van der Waals surface area contributed by atoms with Crippen LogP contribution in [-0.2, 0) is 14.4 Å². The highest BCUT2D eigenvalue weighted by atomic mass is 16.2. The van der Waals surface area contributed by atoms with Crippen molar-refractivity contribution in [3.63, 3.8) is 0 Å². The lowest BCUT2D eigenvalue weighted by atomic mass is 9.31. The van der Waals surface area contributed by atoms with Crippen molar-refractivity contribution in [2.45, 2.75) is 99.8 Å². The van der Waals surface area contributed by atoms with Gasteiger partial charge in [0, 0.05) is 36.8 Å². The summed E-state index contributed by atoms with van der Waals surface area (Å²) in [6.07, 6.45) is 11.7. The van der Waals surface area contributed by atoms with Crippen LogP contribution in [0.25, 0.3) is 0 Å². The van der Waals surface area contributed by atoms with Crippen LogP contribution in [-0.4, -0.2) is 35.5 Å². The molecule has 5 heteroatoms. The molecule has 0 N–H and O–H groups in total. The molecule has 5 nitrogen and oxygen atoms in total. The van der Waals surface area contributed by atoms with E-state index in [9.17, 15) is 19.6 Å². The van der Waals surface area contributed by atoms with Crippen LogP contribution in [0.4, 0.5) is 0 Å². The number of fused-ring (bicyclic) bond motifs is 7. The number of hydrogen-bond acceptors (Lipinski definition) is 4. The number of ketones is 2. The number of likely N-dealkylation sites (tertiary alicyclic amines) is 1. The molecule has 6 rings (SSSR count). The van der Waals surface area contributed by atoms with Gasteiger partial charge >= 0.3 is 0 Å². The summed E-state index contributed by atoms with van der Waals surface area (Å²) in [7, 11) is 0. The average Bonchev–Trinajstić information content (AvgIpc) is 2.85. The molecule has 1 amide bonds. The zero-order valence-electron chi connectivity index (χ0n) is 25.1. The van der Waals surface area contributed by atoms with Crippen molar-refractivity contribution in [2.24, 2.45) is 50.2 Å². The van der Waals surface area contributed by atoms with E-state index in [4.69, 9.17) is 0 Å². The Hall–Kier alpha value is -2.22. The van der Waals surface area contributed by atoms with Gasteiger partial charge in [-0.15, -0.1) is 0 Å². The summed E-state index contributed by atoms with van der Waals surface area (Å²) in [5.41, 5.74) is 0.422. The normalized spacial score (nSPS) is 48.4. The minimum Gasteiger partial charge on any atom is -0.342 e. The van der Waals surface area contributed by atoms with E-state index in [1.54, 1.807) is 0 Å². The Morgan fingerprint density at radius 1 is 0.974 bits per heavy atom. The molecule has 1 saturated heterocycles. The molecule has 6 aliphatic rings. The fourth-order valence-corrected chi connectivity index (χ4v) is 11.4. The van der Waals surface area contributed by atoms with Crippen LogP contribution >= 0.6 is 0 Å². The van der Waals surface area contributed by atoms with E-state index < -0.39 is 5.41 Å². The average molecular weight is 531 g/mol. The van der Waals surface area contributed by atoms with Crippen LogP contribution < -0.4 is 0 Å². The summed E-state index contributed by atoms with van der Waals surface area (Å²) in [4.78, 5) is 42.3. The maximum Gasteiger partial charge on any atom is 0.224 e. The molecular weight excluding hydrogens is 484 g/mol. The van der Waals surface area contributed by atoms with Crippen molar-refractivity contribution in [2.75, 3.05) is 13.1 Å². The van der Waals surface area contributed by atoms with E-state index in [1.165, 1.54) is 0 Å². The van der Waals surface area contributed by atoms with Gasteiger partial charge in [0.05, 0.1) is 5.57 Å². The first-order valence-electron chi connectivity index (χ1n) is 15.3. The SMILES string of the molecule is C[C@@H]1C(=O)C(C#N)=C[C@]2(C)C3=CC(=O)[C@@H]4[C@]5(C)CC(C)(C)CC[C@]5(CN5CCC5=O)CC[C@@]4(C)[C@]3(C)CCC12. The van der Waals surface area contributed by atoms with Gasteiger partial charge in [-0.25, -0.2) is 0 Å². The van der Waals surface area contributed by atoms with Gasteiger partial charge in [-0.2, -0.15) is 5.26 Å². The van der Waals surface area contributed by atoms with Crippen molar-refractivity contribution < 1.29 is 14.4 Å². The van der Waals surface area contributed by atoms with Gasteiger partial charge in [-0.3, -0.25) is 14.4 Å². The second kappa shape index (κ2) is 7.95. The van der Waals surface area contributed by atoms with Crippen LogP contribution in [0.15, 0.2) is 23.3 Å². The highest BCUT2D eigenvalue weighted by Gasteiger charge is 2.72. The maximum atomic E-state index is 14.7. The van der Waals surface area contributed by atoms with E-state index in [2.05, 4.69) is 52.5 Å². The molecule has 39 heavy (non-hydrogen) atoms. The van der Waals surface area contributed by atoms with E-state index in [-0.39, 0.29) is 67.9 Å². The third-order valence-corrected chi connectivity index (χ3v) is 13.8. The molecule has 1 aliphatic heterocycles. The van der Waals surface area contributed by atoms with Crippen molar-refractivity contribution in [3.8, 4) is 6.07 Å². The van der Waals surface area contributed by atoms with Crippen molar-refractivity contribution >= 4 is 17.5 Å². The minimum absolute atomic E-state index is 0.0408. The Bertz CT molecular complexity index is 1290. The van der Waals surface area contributed by atoms with Crippen LogP contribution in [0.3, 0.4) is 0 Å². The number of carbonyl (C=O) groups excluding carboxylic acids is 3. The number of carbonyl (C=O) groups is 3. The molecule has 0 aromatic rings. The molecule has 0 aromatic carbocycles. The van der Waals surface area contributed by atoms with E-state index in [1.807, 2.05) is 19.1 Å². The second-order valence-electron chi connectivity index (χ2n) is 16.0. The lowest BCUT2D eigenvalue weighted by Crippen LogP contribution is -2.69. The summed E-state index contributed by atoms with van der Waals surface area (Å²) in [6, 6.07) is 2.18. The van der Waals surface area contributed by atoms with E-state index in [0.717, 1.165) is 63.6 Å². The van der Waals surface area contributed by atoms with Gasteiger partial charge in [0.15, 0.2) is 11.6 Å². The van der Waals surface area contributed by atoms with Crippen molar-refractivity contribution in [1.82, 2.24) is 4.90 Å². The summed E-state index contributed by atoms with van der Waals surface area (Å²) in [5, 5.41) is 9.84. The molecule has 1 unspecified atom stereocenters. The number of nitriles is 1. The molecule has 0 aromatic heterocycles. The van der Waals surface area contributed by atoms with Crippen LogP contribution in [0.2, 0.25) is 0 Å². The van der Waals surface area contributed by atoms with Crippen molar-refractivity contribution in [1.29, 1.82) is 5.26 Å². The van der Waals surface area contributed by atoms with Gasteiger partial charge in [0.1, 0.15) is 6.07 Å². The monoisotopic (exact) mass is 530 g/mol. The fraction of sp³-hybridized carbons (Fsp3) is 0.765. The molecule has 210 valence electrons. The predicted octanol–water partition coefficient (Wildman–Crippen LogP) is 6.44. The molecule has 4 fully saturated rings. The molecule has 3 saturated carbocycles. The van der Waals surface area contributed by atoms with Gasteiger partial charge in [-0.1, -0.05) is 60.1 Å². The van der Waals surface area contributed by atoms with Crippen LogP contribution in [0, 0.1) is 61.6 Å². The fourth-order valence-electron chi connectivity index (χ4n) is 11.4. The molecule has 0 bridgehead atoms. The third-order valence-electron chi connectivity index (χ3n) is 13.8. The molecule has 8 atom stereocenters. The Balaban J connectivity index is 1.51. The van der Waals surface area contributed by atoms with Crippen LogP contribution in [0.1, 0.15) is 99.8 Å². The van der Waals surface area contributed by atoms with E-state index >= 15 is 0 Å². The number of Topliss-reactive ketones (excluding diaryl/α,β-unsaturated/α-hetero) is 1. The molecule has 0 radical (unpaired) electrons. The topological polar surface area (TPSA) is 78.2 Å². The van der Waals surface area contributed by atoms with E-state index in [0.29, 0.717) is 6.42 Å². The first-order chi connectivity index (χ1) is 18.1. The predicted molar refractivity (Wildman–Crippen MR) is 150 cm³/mol. The molecule has 0 spiro atoms. The summed E-state index contributed by atoms with van der Waals surface area (Å²) >= 11 is 0. The van der Waals surface area contributed by atoms with Gasteiger partial charge in [-0.05, 0) is 84.0 Å². The molecule has 5 aliphatic carbocycles. The number of rotatable bonds is 2. The highest BCUT2D eigenvalue weighted by Crippen LogP contribution is 2.77. The standard InChI is InChI=1S/C34H46N2O3/c1-21-23-8-10-31(5)25(30(23,4)17-22(18-35)27(21)39)16-24(37)28-32(31,6)12-14-34(20-36-15-9-26(36)38)13-11-29(2,3)19-33(28,34)7/h16-17,21,23,28H,8-15,19-20H2,1-7H3/t21-,23?,28-,30-,31+,32+,33-,34+/m0/s1. The number of hydrogen-bond donors (Lipinski definition) is 0. The minimum atomic E-state index is -0.472. The summed E-state index contributed by atoms with van der Waals surface area (Å²) in [6.45, 7) is 17.7. The lowest BCUT2D eigenvalue weighted by Gasteiger charge is -2.72. The molecule has 1 heterocycles. The summed E-state index contributed by atoms with van der Waals surface area (Å²) < 4.78 is 0. The lowest BCUT2D eigenvalue weighted by molar-refractivity contribution is -0.212. The third kappa shape index (κ3) is 3.21. The zero-order chi connectivity index (χ0) is 28.4. The largest absolute Gasteiger partial charge is 0.342 e. The summed E-state index contributed by atoms with van der Waals surface area (Å²) in [5.74, 6) is 0.244. The zero-order valence-corrected chi connectivity index (χ0v) is 25.1. The Morgan fingerprint density at radius 2 is 1.67 bits per heavy atom. The first-order valence-corrected chi connectivity index (χ1v) is 15.3. The van der Waals surface area contributed by atoms with Crippen LogP contribution in [0.5, 0.6) is 0 Å². The highest BCUT2D eigenvalue weighted by molar-refractivity contribution is 6.02. The number of amides is 1. The quantitative estimate of drug-likeness (QED) is 0.385. The van der Waals surface area contributed by atoms with Gasteiger partial charge in [0.25, 0.3) is 0 Å². The number of allylic oxidation sites excluding steroid dienone is 4. The Kier molecular flexibility index (Phi) is 5.50. The molecular formula is C34H46N2O3. The first kappa shape index (κ1) is 27.0. The van der Waals surface area contributed by atoms with Gasteiger partial charge < -0.3 is 4.90 Å². The Morgan fingerprint density at radius 3 is 2.28 bits per heavy atom. The second-order valence-corrected chi connectivity index (χ2v) is 16.0. The van der Waals surface area contributed by atoms with Gasteiger partial charge in [0.2, 0.25) is 5.91 Å². The van der Waals surface area contributed by atoms with Crippen molar-refractivity contribution in [3.05, 3.63) is 23.3 Å².